The quantitative estimate of drug-likeness (QED) is 0.432. The monoisotopic (exact) mass is 487 g/mol. The number of hydrogen-bond donors (Lipinski definition) is 1. The topological polar surface area (TPSA) is 56.4 Å². The maximum atomic E-state index is 14.0. The van der Waals surface area contributed by atoms with Crippen molar-refractivity contribution in [2.45, 2.75) is 24.9 Å². The minimum atomic E-state index is -1.17. The van der Waals surface area contributed by atoms with Crippen LogP contribution in [-0.4, -0.2) is 39.7 Å². The summed E-state index contributed by atoms with van der Waals surface area (Å²) in [6.07, 6.45) is 0. The lowest BCUT2D eigenvalue weighted by molar-refractivity contribution is -0.166. The lowest BCUT2D eigenvalue weighted by Crippen LogP contribution is -2.67. The largest absolute Gasteiger partial charge is 0.356 e. The first kappa shape index (κ1) is 21.9. The molecule has 5 nitrogen and oxygen atoms in total. The zero-order valence-electron chi connectivity index (χ0n) is 19.1. The molecule has 1 saturated heterocycles. The number of nitrogens with zero attached hydrogens (tertiary/aromatic N) is 2. The number of H-pyrrole nitrogens is 1. The SMILES string of the molecule is C[C@]12C(=O)N(Cc3ccc(F)cc3)CC(=O)N1C[C@@H](c1ccc(Cl)cc1)c1c2[nH]c2ccccc12. The number of hydrogen-bond acceptors (Lipinski definition) is 2. The van der Waals surface area contributed by atoms with Gasteiger partial charge in [0.15, 0.2) is 5.54 Å². The number of aromatic nitrogens is 1. The van der Waals surface area contributed by atoms with Crippen LogP contribution in [0.15, 0.2) is 72.8 Å². The minimum Gasteiger partial charge on any atom is -0.356 e. The van der Waals surface area contributed by atoms with E-state index >= 15 is 0 Å². The first-order valence-electron chi connectivity index (χ1n) is 11.6. The Labute approximate surface area is 207 Å². The molecule has 35 heavy (non-hydrogen) atoms. The highest BCUT2D eigenvalue weighted by Gasteiger charge is 2.56. The average Bonchev–Trinajstić information content (AvgIpc) is 3.25. The highest BCUT2D eigenvalue weighted by atomic mass is 35.5. The molecular formula is C28H23ClFN3O2. The Hall–Kier alpha value is -3.64. The van der Waals surface area contributed by atoms with Crippen LogP contribution in [0.2, 0.25) is 5.02 Å². The van der Waals surface area contributed by atoms with Crippen molar-refractivity contribution in [3.8, 4) is 0 Å². The Morgan fingerprint density at radius 1 is 1.03 bits per heavy atom. The molecule has 1 fully saturated rings. The molecule has 0 bridgehead atoms. The van der Waals surface area contributed by atoms with Gasteiger partial charge < -0.3 is 14.8 Å². The summed E-state index contributed by atoms with van der Waals surface area (Å²) < 4.78 is 13.4. The van der Waals surface area contributed by atoms with E-state index in [1.807, 2.05) is 49.4 Å². The molecule has 2 atom stereocenters. The summed E-state index contributed by atoms with van der Waals surface area (Å²) in [6.45, 7) is 2.44. The number of benzene rings is 3. The molecule has 176 valence electrons. The maximum Gasteiger partial charge on any atom is 0.255 e. The van der Waals surface area contributed by atoms with Crippen LogP contribution in [0.3, 0.4) is 0 Å². The van der Waals surface area contributed by atoms with E-state index < -0.39 is 5.54 Å². The van der Waals surface area contributed by atoms with Crippen LogP contribution < -0.4 is 0 Å². The average molecular weight is 488 g/mol. The predicted molar refractivity (Wildman–Crippen MR) is 132 cm³/mol. The van der Waals surface area contributed by atoms with E-state index in [1.54, 1.807) is 21.9 Å². The van der Waals surface area contributed by atoms with Gasteiger partial charge in [-0.05, 0) is 53.9 Å². The van der Waals surface area contributed by atoms with Gasteiger partial charge in [-0.3, -0.25) is 9.59 Å². The molecule has 0 unspecified atom stereocenters. The Bertz CT molecular complexity index is 1460. The fraction of sp³-hybridized carbons (Fsp3) is 0.214. The van der Waals surface area contributed by atoms with Gasteiger partial charge in [0.25, 0.3) is 5.91 Å². The lowest BCUT2D eigenvalue weighted by Gasteiger charge is -2.51. The number of aromatic amines is 1. The summed E-state index contributed by atoms with van der Waals surface area (Å²) in [6, 6.07) is 21.7. The third-order valence-corrected chi connectivity index (χ3v) is 7.63. The number of piperazine rings is 1. The molecule has 0 saturated carbocycles. The molecule has 1 aromatic heterocycles. The molecule has 7 heteroatoms. The molecule has 2 aliphatic rings. The summed E-state index contributed by atoms with van der Waals surface area (Å²) in [7, 11) is 0. The number of nitrogens with one attached hydrogen (secondary N) is 1. The molecule has 6 rings (SSSR count). The first-order chi connectivity index (χ1) is 16.9. The van der Waals surface area contributed by atoms with Crippen molar-refractivity contribution in [3.05, 3.63) is 106 Å². The number of halogens is 2. The number of carbonyl (C=O) groups excluding carboxylic acids is 2. The summed E-state index contributed by atoms with van der Waals surface area (Å²) in [4.78, 5) is 34.4. The van der Waals surface area contributed by atoms with Gasteiger partial charge in [-0.15, -0.1) is 0 Å². The van der Waals surface area contributed by atoms with E-state index in [-0.39, 0.29) is 36.6 Å². The molecule has 2 amide bonds. The minimum absolute atomic E-state index is 0.0191. The van der Waals surface area contributed by atoms with Crippen molar-refractivity contribution in [3.63, 3.8) is 0 Å². The number of rotatable bonds is 3. The maximum absolute atomic E-state index is 14.0. The van der Waals surface area contributed by atoms with Gasteiger partial charge in [0, 0.05) is 34.9 Å². The second-order valence-electron chi connectivity index (χ2n) is 9.43. The van der Waals surface area contributed by atoms with Gasteiger partial charge in [0.2, 0.25) is 5.91 Å². The predicted octanol–water partition coefficient (Wildman–Crippen LogP) is 5.19. The number of fused-ring (bicyclic) bond motifs is 5. The second-order valence-corrected chi connectivity index (χ2v) is 9.86. The Balaban J connectivity index is 1.49. The van der Waals surface area contributed by atoms with Crippen LogP contribution in [0.25, 0.3) is 10.9 Å². The molecule has 0 radical (unpaired) electrons. The van der Waals surface area contributed by atoms with Crippen molar-refractivity contribution in [2.24, 2.45) is 0 Å². The van der Waals surface area contributed by atoms with Gasteiger partial charge in [-0.2, -0.15) is 0 Å². The van der Waals surface area contributed by atoms with Crippen LogP contribution in [-0.2, 0) is 21.7 Å². The van der Waals surface area contributed by atoms with E-state index in [0.29, 0.717) is 11.6 Å². The fourth-order valence-electron chi connectivity index (χ4n) is 5.61. The summed E-state index contributed by atoms with van der Waals surface area (Å²) in [5.41, 5.74) is 3.34. The third kappa shape index (κ3) is 3.35. The number of carbonyl (C=O) groups is 2. The Morgan fingerprint density at radius 2 is 1.74 bits per heavy atom. The van der Waals surface area contributed by atoms with Crippen molar-refractivity contribution in [2.75, 3.05) is 13.1 Å². The van der Waals surface area contributed by atoms with Crippen LogP contribution in [0.5, 0.6) is 0 Å². The first-order valence-corrected chi connectivity index (χ1v) is 11.9. The van der Waals surface area contributed by atoms with E-state index in [2.05, 4.69) is 11.1 Å². The van der Waals surface area contributed by atoms with Crippen LogP contribution in [0, 0.1) is 5.82 Å². The zero-order valence-corrected chi connectivity index (χ0v) is 19.8. The van der Waals surface area contributed by atoms with E-state index in [0.717, 1.165) is 33.3 Å². The molecule has 1 N–H and O–H groups in total. The van der Waals surface area contributed by atoms with E-state index in [9.17, 15) is 14.0 Å². The Kier molecular flexibility index (Phi) is 4.97. The smallest absolute Gasteiger partial charge is 0.255 e. The van der Waals surface area contributed by atoms with E-state index in [1.165, 1.54) is 12.1 Å². The highest BCUT2D eigenvalue weighted by Crippen LogP contribution is 2.48. The standard InChI is InChI=1S/C28H23ClFN3O2/c1-28-26-25(21-4-2-3-5-23(21)31-26)22(18-8-10-19(29)11-9-18)15-33(28)24(34)16-32(27(28)35)14-17-6-12-20(30)13-7-17/h2-13,22,31H,14-16H2,1H3/t22-,28-/m0/s1. The molecule has 0 spiro atoms. The second kappa shape index (κ2) is 7.95. The van der Waals surface area contributed by atoms with Crippen molar-refractivity contribution in [1.82, 2.24) is 14.8 Å². The zero-order chi connectivity index (χ0) is 24.3. The van der Waals surface area contributed by atoms with Crippen molar-refractivity contribution in [1.29, 1.82) is 0 Å². The molecule has 0 aliphatic carbocycles. The molecule has 4 aromatic rings. The molecular weight excluding hydrogens is 465 g/mol. The number of para-hydroxylation sites is 1. The van der Waals surface area contributed by atoms with E-state index in [4.69, 9.17) is 11.6 Å². The normalized spacial score (nSPS) is 21.9. The third-order valence-electron chi connectivity index (χ3n) is 7.38. The van der Waals surface area contributed by atoms with Crippen molar-refractivity contribution >= 4 is 34.3 Å². The summed E-state index contributed by atoms with van der Waals surface area (Å²) >= 11 is 6.15. The van der Waals surface area contributed by atoms with Gasteiger partial charge in [0.1, 0.15) is 12.4 Å². The lowest BCUT2D eigenvalue weighted by atomic mass is 9.76. The van der Waals surface area contributed by atoms with Gasteiger partial charge in [-0.1, -0.05) is 54.1 Å². The molecule has 3 aromatic carbocycles. The van der Waals surface area contributed by atoms with Gasteiger partial charge in [0.05, 0.1) is 5.69 Å². The van der Waals surface area contributed by atoms with Gasteiger partial charge in [-0.25, -0.2) is 4.39 Å². The summed E-state index contributed by atoms with van der Waals surface area (Å²) in [5, 5.41) is 1.69. The molecule has 3 heterocycles. The Morgan fingerprint density at radius 3 is 2.49 bits per heavy atom. The highest BCUT2D eigenvalue weighted by molar-refractivity contribution is 6.30. The molecule has 2 aliphatic heterocycles. The van der Waals surface area contributed by atoms with Crippen LogP contribution in [0.4, 0.5) is 4.39 Å². The van der Waals surface area contributed by atoms with Gasteiger partial charge >= 0.3 is 0 Å². The fourth-order valence-corrected chi connectivity index (χ4v) is 5.73. The van der Waals surface area contributed by atoms with Crippen LogP contribution >= 0.6 is 11.6 Å². The van der Waals surface area contributed by atoms with Crippen molar-refractivity contribution < 1.29 is 14.0 Å². The van der Waals surface area contributed by atoms with Crippen LogP contribution in [0.1, 0.15) is 35.2 Å². The number of amides is 2. The summed E-state index contributed by atoms with van der Waals surface area (Å²) in [5.74, 6) is -0.704.